The van der Waals surface area contributed by atoms with Crippen molar-refractivity contribution < 1.29 is 9.47 Å². The number of likely N-dealkylation sites (N-methyl/N-ethyl adjacent to an activating group) is 2. The molecule has 0 aliphatic heterocycles. The number of benzene rings is 3. The molecule has 1 aromatic heterocycles. The van der Waals surface area contributed by atoms with Gasteiger partial charge in [-0.2, -0.15) is 0 Å². The molecule has 0 radical (unpaired) electrons. The molecule has 1 heterocycles. The van der Waals surface area contributed by atoms with Crippen LogP contribution in [0.15, 0.2) is 71.5 Å². The van der Waals surface area contributed by atoms with Crippen molar-refractivity contribution in [3.8, 4) is 11.5 Å². The van der Waals surface area contributed by atoms with Gasteiger partial charge in [0.15, 0.2) is 0 Å². The number of ether oxygens (including phenoxy) is 2. The molecule has 38 heavy (non-hydrogen) atoms. The largest absolute Gasteiger partial charge is 0.492 e. The van der Waals surface area contributed by atoms with E-state index >= 15 is 0 Å². The van der Waals surface area contributed by atoms with Crippen LogP contribution in [0.25, 0.3) is 21.7 Å². The van der Waals surface area contributed by atoms with E-state index in [1.165, 1.54) is 0 Å². The zero-order valence-electron chi connectivity index (χ0n) is 23.3. The Morgan fingerprint density at radius 1 is 0.658 bits per heavy atom. The van der Waals surface area contributed by atoms with Gasteiger partial charge in [-0.05, 0) is 67.5 Å². The summed E-state index contributed by atoms with van der Waals surface area (Å²) in [7, 11) is 0. The second-order valence-electron chi connectivity index (χ2n) is 9.51. The van der Waals surface area contributed by atoms with Gasteiger partial charge in [0.25, 0.3) is 5.56 Å². The minimum Gasteiger partial charge on any atom is -0.492 e. The van der Waals surface area contributed by atoms with Crippen molar-refractivity contribution in [2.75, 3.05) is 52.5 Å². The molecule has 6 heteroatoms. The third-order valence-electron chi connectivity index (χ3n) is 7.34. The van der Waals surface area contributed by atoms with Crippen molar-refractivity contribution in [3.05, 3.63) is 82.6 Å². The average molecular weight is 516 g/mol. The third-order valence-corrected chi connectivity index (χ3v) is 7.34. The number of nitrogens with zero attached hydrogens (tertiary/aromatic N) is 3. The topological polar surface area (TPSA) is 46.9 Å². The molecule has 4 rings (SSSR count). The van der Waals surface area contributed by atoms with E-state index in [0.717, 1.165) is 72.6 Å². The molecule has 0 bridgehead atoms. The lowest BCUT2D eigenvalue weighted by Gasteiger charge is -2.19. The van der Waals surface area contributed by atoms with Crippen molar-refractivity contribution >= 4 is 21.7 Å². The number of pyridine rings is 1. The Morgan fingerprint density at radius 3 is 1.79 bits per heavy atom. The summed E-state index contributed by atoms with van der Waals surface area (Å²) in [4.78, 5) is 18.6. The predicted octanol–water partition coefficient (Wildman–Crippen LogP) is 5.64. The molecule has 4 aromatic rings. The van der Waals surface area contributed by atoms with Crippen LogP contribution in [0.4, 0.5) is 0 Å². The molecule has 0 aliphatic carbocycles. The quantitative estimate of drug-likeness (QED) is 0.203. The van der Waals surface area contributed by atoms with E-state index in [4.69, 9.17) is 9.47 Å². The summed E-state index contributed by atoms with van der Waals surface area (Å²) in [5, 5.41) is 2.63. The zero-order valence-corrected chi connectivity index (χ0v) is 23.3. The van der Waals surface area contributed by atoms with Crippen molar-refractivity contribution in [2.45, 2.75) is 34.2 Å². The lowest BCUT2D eigenvalue weighted by atomic mass is 10.0. The van der Waals surface area contributed by atoms with E-state index < -0.39 is 0 Å². The number of hydrogen-bond donors (Lipinski definition) is 0. The summed E-state index contributed by atoms with van der Waals surface area (Å²) < 4.78 is 14.1. The van der Waals surface area contributed by atoms with E-state index in [9.17, 15) is 4.79 Å². The number of rotatable bonds is 14. The van der Waals surface area contributed by atoms with Crippen molar-refractivity contribution in [2.24, 2.45) is 0 Å². The first kappa shape index (κ1) is 27.7. The summed E-state index contributed by atoms with van der Waals surface area (Å²) in [6, 6.07) is 22.1. The van der Waals surface area contributed by atoms with Gasteiger partial charge < -0.3 is 23.8 Å². The minimum absolute atomic E-state index is 0.0224. The maximum atomic E-state index is 13.9. The van der Waals surface area contributed by atoms with E-state index in [2.05, 4.69) is 55.7 Å². The molecule has 0 saturated carbocycles. The SMILES string of the molecule is CCN(CC)CCOc1ccc2c(c1)c(=O)n(Cc1ccccc1)c1cc(OCCN(CC)CC)ccc21. The van der Waals surface area contributed by atoms with Crippen molar-refractivity contribution in [1.82, 2.24) is 14.4 Å². The van der Waals surface area contributed by atoms with E-state index in [1.54, 1.807) is 0 Å². The maximum absolute atomic E-state index is 13.9. The van der Waals surface area contributed by atoms with E-state index in [-0.39, 0.29) is 5.56 Å². The van der Waals surface area contributed by atoms with Crippen LogP contribution in [0, 0.1) is 0 Å². The van der Waals surface area contributed by atoms with Crippen LogP contribution < -0.4 is 15.0 Å². The minimum atomic E-state index is -0.0224. The summed E-state index contributed by atoms with van der Waals surface area (Å²) in [6.45, 7) is 16.0. The molecule has 0 amide bonds. The van der Waals surface area contributed by atoms with Gasteiger partial charge in [-0.3, -0.25) is 4.79 Å². The maximum Gasteiger partial charge on any atom is 0.259 e. The first-order valence-corrected chi connectivity index (χ1v) is 13.9. The Balaban J connectivity index is 1.71. The smallest absolute Gasteiger partial charge is 0.259 e. The molecule has 0 spiro atoms. The molecule has 0 atom stereocenters. The fraction of sp³-hybridized carbons (Fsp3) is 0.406. The molecule has 0 aliphatic rings. The molecular weight excluding hydrogens is 474 g/mol. The van der Waals surface area contributed by atoms with Crippen LogP contribution in [0.2, 0.25) is 0 Å². The third kappa shape index (κ3) is 6.55. The number of fused-ring (bicyclic) bond motifs is 3. The monoisotopic (exact) mass is 515 g/mol. The molecule has 0 saturated heterocycles. The standard InChI is InChI=1S/C32H41N3O3/c1-5-33(6-2)18-20-37-26-14-16-28-29-17-15-27(38-21-19-34(7-3)8-4)23-31(29)35(32(36)30(28)22-26)24-25-12-10-9-11-13-25/h9-17,22-23H,5-8,18-21,24H2,1-4H3. The Morgan fingerprint density at radius 2 is 1.21 bits per heavy atom. The van der Waals surface area contributed by atoms with Crippen LogP contribution >= 0.6 is 0 Å². The highest BCUT2D eigenvalue weighted by molar-refractivity contribution is 6.06. The summed E-state index contributed by atoms with van der Waals surface area (Å²) in [6.07, 6.45) is 0. The fourth-order valence-electron chi connectivity index (χ4n) is 4.92. The highest BCUT2D eigenvalue weighted by Crippen LogP contribution is 2.29. The lowest BCUT2D eigenvalue weighted by Crippen LogP contribution is -2.28. The molecule has 3 aromatic carbocycles. The summed E-state index contributed by atoms with van der Waals surface area (Å²) >= 11 is 0. The first-order valence-electron chi connectivity index (χ1n) is 13.9. The molecule has 202 valence electrons. The van der Waals surface area contributed by atoms with Crippen LogP contribution in [0.5, 0.6) is 11.5 Å². The lowest BCUT2D eigenvalue weighted by molar-refractivity contribution is 0.223. The van der Waals surface area contributed by atoms with Crippen LogP contribution in [-0.2, 0) is 6.54 Å². The van der Waals surface area contributed by atoms with Crippen LogP contribution in [0.3, 0.4) is 0 Å². The summed E-state index contributed by atoms with van der Waals surface area (Å²) in [5.74, 6) is 1.50. The van der Waals surface area contributed by atoms with Gasteiger partial charge >= 0.3 is 0 Å². The molecule has 0 N–H and O–H groups in total. The Kier molecular flexibility index (Phi) is 9.79. The van der Waals surface area contributed by atoms with Crippen LogP contribution in [0.1, 0.15) is 33.3 Å². The predicted molar refractivity (Wildman–Crippen MR) is 158 cm³/mol. The first-order chi connectivity index (χ1) is 18.6. The second-order valence-corrected chi connectivity index (χ2v) is 9.51. The zero-order chi connectivity index (χ0) is 26.9. The molecule has 0 fully saturated rings. The van der Waals surface area contributed by atoms with Crippen LogP contribution in [-0.4, -0.2) is 66.8 Å². The fourth-order valence-corrected chi connectivity index (χ4v) is 4.92. The van der Waals surface area contributed by atoms with Gasteiger partial charge in [0.2, 0.25) is 0 Å². The number of hydrogen-bond acceptors (Lipinski definition) is 5. The normalized spacial score (nSPS) is 11.6. The second kappa shape index (κ2) is 13.4. The highest BCUT2D eigenvalue weighted by Gasteiger charge is 2.14. The van der Waals surface area contributed by atoms with E-state index in [1.807, 2.05) is 53.1 Å². The number of aromatic nitrogens is 1. The van der Waals surface area contributed by atoms with Gasteiger partial charge in [-0.25, -0.2) is 0 Å². The average Bonchev–Trinajstić information content (AvgIpc) is 2.96. The van der Waals surface area contributed by atoms with Gasteiger partial charge in [-0.1, -0.05) is 58.0 Å². The van der Waals surface area contributed by atoms with Gasteiger partial charge in [0.1, 0.15) is 24.7 Å². The molecular formula is C32H41N3O3. The summed E-state index contributed by atoms with van der Waals surface area (Å²) in [5.41, 5.74) is 1.93. The van der Waals surface area contributed by atoms with Gasteiger partial charge in [-0.15, -0.1) is 0 Å². The van der Waals surface area contributed by atoms with Gasteiger partial charge in [0, 0.05) is 24.5 Å². The Bertz CT molecular complexity index is 1380. The van der Waals surface area contributed by atoms with Crippen molar-refractivity contribution in [1.29, 1.82) is 0 Å². The molecule has 6 nitrogen and oxygen atoms in total. The van der Waals surface area contributed by atoms with Gasteiger partial charge in [0.05, 0.1) is 17.4 Å². The Labute approximate surface area is 226 Å². The van der Waals surface area contributed by atoms with Crippen molar-refractivity contribution in [3.63, 3.8) is 0 Å². The Hall–Kier alpha value is -3.35. The highest BCUT2D eigenvalue weighted by atomic mass is 16.5. The molecule has 0 unspecified atom stereocenters. The van der Waals surface area contributed by atoms with E-state index in [0.29, 0.717) is 25.1 Å².